The first kappa shape index (κ1) is 15.6. The van der Waals surface area contributed by atoms with E-state index < -0.39 is 15.9 Å². The fraction of sp³-hybridized carbons (Fsp3) is 0.0909. The fourth-order valence-corrected chi connectivity index (χ4v) is 3.21. The summed E-state index contributed by atoms with van der Waals surface area (Å²) in [4.78, 5) is 6.90. The minimum Gasteiger partial charge on any atom is -0.478 e. The summed E-state index contributed by atoms with van der Waals surface area (Å²) in [5.41, 5.74) is 0. The van der Waals surface area contributed by atoms with Crippen molar-refractivity contribution in [2.45, 2.75) is 4.90 Å². The standard InChI is InChI=1S/C11H8Cl2N3O4S/c1-20-11-10(14-5-8(17)15-11)16-21(18,19)7-4-2-3-6(12)9(7)13/h2-5H,1H3,(H,14,16). The fourth-order valence-electron chi connectivity index (χ4n) is 1.44. The Morgan fingerprint density at radius 1 is 1.29 bits per heavy atom. The number of nitrogens with zero attached hydrogens (tertiary/aromatic N) is 2. The lowest BCUT2D eigenvalue weighted by atomic mass is 10.4. The van der Waals surface area contributed by atoms with Crippen LogP contribution in [0.2, 0.25) is 10.0 Å². The largest absolute Gasteiger partial charge is 0.478 e. The highest BCUT2D eigenvalue weighted by Crippen LogP contribution is 2.31. The molecule has 111 valence electrons. The van der Waals surface area contributed by atoms with Crippen LogP contribution in [0.5, 0.6) is 11.8 Å². The summed E-state index contributed by atoms with van der Waals surface area (Å²) in [6.07, 6.45) is 0.861. The van der Waals surface area contributed by atoms with E-state index in [2.05, 4.69) is 14.7 Å². The van der Waals surface area contributed by atoms with Crippen LogP contribution in [-0.4, -0.2) is 25.5 Å². The molecule has 1 N–H and O–H groups in total. The number of halogens is 2. The Balaban J connectivity index is 2.45. The van der Waals surface area contributed by atoms with Crippen LogP contribution in [0.4, 0.5) is 5.82 Å². The lowest BCUT2D eigenvalue weighted by Gasteiger charge is -2.11. The molecule has 0 aliphatic heterocycles. The van der Waals surface area contributed by atoms with Crippen molar-refractivity contribution in [1.29, 1.82) is 0 Å². The van der Waals surface area contributed by atoms with Gasteiger partial charge in [0.1, 0.15) is 4.90 Å². The van der Waals surface area contributed by atoms with Crippen molar-refractivity contribution in [2.75, 3.05) is 11.8 Å². The van der Waals surface area contributed by atoms with Crippen molar-refractivity contribution in [3.8, 4) is 11.8 Å². The van der Waals surface area contributed by atoms with E-state index in [0.717, 1.165) is 6.20 Å². The molecule has 0 saturated carbocycles. The molecule has 2 aromatic rings. The smallest absolute Gasteiger partial charge is 0.291 e. The summed E-state index contributed by atoms with van der Waals surface area (Å²) in [5.74, 6) is -1.13. The molecular weight excluding hydrogens is 341 g/mol. The van der Waals surface area contributed by atoms with Crippen LogP contribution in [-0.2, 0) is 15.1 Å². The number of aromatic nitrogens is 2. The number of benzene rings is 1. The molecule has 7 nitrogen and oxygen atoms in total. The third-order valence-electron chi connectivity index (χ3n) is 2.35. The highest BCUT2D eigenvalue weighted by Gasteiger charge is 2.22. The third kappa shape index (κ3) is 3.29. The van der Waals surface area contributed by atoms with Gasteiger partial charge in [-0.2, -0.15) is 4.98 Å². The van der Waals surface area contributed by atoms with Crippen LogP contribution >= 0.6 is 23.2 Å². The average molecular weight is 349 g/mol. The van der Waals surface area contributed by atoms with Crippen molar-refractivity contribution in [3.05, 3.63) is 34.4 Å². The van der Waals surface area contributed by atoms with Crippen molar-refractivity contribution in [1.82, 2.24) is 9.97 Å². The Hall–Kier alpha value is -1.77. The predicted molar refractivity (Wildman–Crippen MR) is 76.0 cm³/mol. The van der Waals surface area contributed by atoms with Crippen molar-refractivity contribution in [2.24, 2.45) is 0 Å². The molecule has 0 amide bonds. The van der Waals surface area contributed by atoms with Gasteiger partial charge in [0.25, 0.3) is 21.8 Å². The molecule has 0 unspecified atom stereocenters. The molecule has 1 heterocycles. The first-order valence-corrected chi connectivity index (χ1v) is 7.64. The SMILES string of the molecule is COc1nc([O])cnc1NS(=O)(=O)c1cccc(Cl)c1Cl. The van der Waals surface area contributed by atoms with Crippen LogP contribution in [0.1, 0.15) is 0 Å². The van der Waals surface area contributed by atoms with E-state index >= 15 is 0 Å². The molecule has 0 bridgehead atoms. The number of methoxy groups -OCH3 is 1. The van der Waals surface area contributed by atoms with Crippen molar-refractivity contribution >= 4 is 39.0 Å². The van der Waals surface area contributed by atoms with Crippen LogP contribution in [0.25, 0.3) is 0 Å². The van der Waals surface area contributed by atoms with Gasteiger partial charge < -0.3 is 4.74 Å². The maximum atomic E-state index is 12.3. The Morgan fingerprint density at radius 3 is 2.67 bits per heavy atom. The Kier molecular flexibility index (Phi) is 4.40. The van der Waals surface area contributed by atoms with Gasteiger partial charge >= 0.3 is 0 Å². The van der Waals surface area contributed by atoms with E-state index in [9.17, 15) is 13.5 Å². The van der Waals surface area contributed by atoms with E-state index in [-0.39, 0.29) is 26.6 Å². The zero-order valence-electron chi connectivity index (χ0n) is 10.5. The summed E-state index contributed by atoms with van der Waals surface area (Å²) < 4.78 is 31.5. The molecule has 1 radical (unpaired) electrons. The summed E-state index contributed by atoms with van der Waals surface area (Å²) in [6, 6.07) is 4.17. The molecule has 0 spiro atoms. The van der Waals surface area contributed by atoms with E-state index in [1.54, 1.807) is 0 Å². The topological polar surface area (TPSA) is 101 Å². The molecule has 0 aliphatic carbocycles. The predicted octanol–water partition coefficient (Wildman–Crippen LogP) is 2.74. The maximum absolute atomic E-state index is 12.3. The number of sulfonamides is 1. The van der Waals surface area contributed by atoms with Gasteiger partial charge in [-0.1, -0.05) is 29.3 Å². The van der Waals surface area contributed by atoms with E-state index in [1.807, 2.05) is 0 Å². The van der Waals surface area contributed by atoms with Crippen LogP contribution in [0.15, 0.2) is 29.3 Å². The van der Waals surface area contributed by atoms with Gasteiger partial charge in [-0.25, -0.2) is 13.4 Å². The second kappa shape index (κ2) is 5.92. The Bertz CT molecular complexity index is 783. The second-order valence-electron chi connectivity index (χ2n) is 3.72. The second-order valence-corrected chi connectivity index (χ2v) is 6.16. The third-order valence-corrected chi connectivity index (χ3v) is 4.66. The molecule has 0 fully saturated rings. The molecule has 0 aliphatic rings. The van der Waals surface area contributed by atoms with E-state index in [0.29, 0.717) is 0 Å². The zero-order chi connectivity index (χ0) is 15.6. The number of nitrogens with one attached hydrogen (secondary N) is 1. The van der Waals surface area contributed by atoms with Gasteiger partial charge in [0.2, 0.25) is 5.82 Å². The Labute approximate surface area is 130 Å². The average Bonchev–Trinajstić information content (AvgIpc) is 2.43. The lowest BCUT2D eigenvalue weighted by molar-refractivity contribution is 0.320. The molecule has 1 aromatic carbocycles. The number of ether oxygens (including phenoxy) is 1. The van der Waals surface area contributed by atoms with Gasteiger partial charge in [0, 0.05) is 0 Å². The minimum absolute atomic E-state index is 0.0903. The minimum atomic E-state index is -4.06. The number of hydrogen-bond donors (Lipinski definition) is 1. The molecule has 2 rings (SSSR count). The molecule has 0 saturated heterocycles. The van der Waals surface area contributed by atoms with Crippen LogP contribution in [0, 0.1) is 0 Å². The van der Waals surface area contributed by atoms with E-state index in [4.69, 9.17) is 27.9 Å². The van der Waals surface area contributed by atoms with Gasteiger partial charge in [-0.3, -0.25) is 9.83 Å². The number of hydrogen-bond acceptors (Lipinski definition) is 5. The van der Waals surface area contributed by atoms with Gasteiger partial charge in [0.15, 0.2) is 0 Å². The van der Waals surface area contributed by atoms with Crippen LogP contribution < -0.4 is 9.46 Å². The molecular formula is C11H8Cl2N3O4S. The summed E-state index contributed by atoms with van der Waals surface area (Å²) in [5, 5.41) is 11.0. The maximum Gasteiger partial charge on any atom is 0.291 e. The van der Waals surface area contributed by atoms with Gasteiger partial charge in [-0.05, 0) is 12.1 Å². The quantitative estimate of drug-likeness (QED) is 0.915. The lowest BCUT2D eigenvalue weighted by Crippen LogP contribution is -2.15. The zero-order valence-corrected chi connectivity index (χ0v) is 12.8. The molecule has 1 aromatic heterocycles. The first-order valence-electron chi connectivity index (χ1n) is 5.40. The first-order chi connectivity index (χ1) is 9.85. The number of rotatable bonds is 4. The summed E-state index contributed by atoms with van der Waals surface area (Å²) in [7, 11) is -2.83. The summed E-state index contributed by atoms with van der Waals surface area (Å²) >= 11 is 11.7. The number of anilines is 1. The van der Waals surface area contributed by atoms with Crippen LogP contribution in [0.3, 0.4) is 0 Å². The monoisotopic (exact) mass is 348 g/mol. The summed E-state index contributed by atoms with van der Waals surface area (Å²) in [6.45, 7) is 0. The highest BCUT2D eigenvalue weighted by atomic mass is 35.5. The highest BCUT2D eigenvalue weighted by molar-refractivity contribution is 7.92. The molecule has 10 heteroatoms. The van der Waals surface area contributed by atoms with Crippen molar-refractivity contribution in [3.63, 3.8) is 0 Å². The Morgan fingerprint density at radius 2 is 2.00 bits per heavy atom. The molecule has 0 atom stereocenters. The van der Waals surface area contributed by atoms with Gasteiger partial charge in [-0.15, -0.1) is 0 Å². The van der Waals surface area contributed by atoms with Gasteiger partial charge in [0.05, 0.1) is 23.4 Å². The van der Waals surface area contributed by atoms with Crippen molar-refractivity contribution < 1.29 is 18.3 Å². The van der Waals surface area contributed by atoms with E-state index in [1.165, 1.54) is 25.3 Å². The normalized spacial score (nSPS) is 11.2. The molecule has 21 heavy (non-hydrogen) atoms.